The summed E-state index contributed by atoms with van der Waals surface area (Å²) >= 11 is 12.8. The molecule has 0 saturated heterocycles. The number of benzene rings is 1. The lowest BCUT2D eigenvalue weighted by Gasteiger charge is -2.10. The molecule has 5 nitrogen and oxygen atoms in total. The smallest absolute Gasteiger partial charge is 0.188 e. The van der Waals surface area contributed by atoms with Crippen molar-refractivity contribution in [2.24, 2.45) is 0 Å². The molecule has 0 amide bonds. The maximum absolute atomic E-state index is 9.97. The minimum atomic E-state index is -0.264. The van der Waals surface area contributed by atoms with Crippen LogP contribution in [0.4, 0.5) is 0 Å². The molecule has 28 heavy (non-hydrogen) atoms. The number of halogens is 3. The van der Waals surface area contributed by atoms with E-state index in [0.717, 1.165) is 16.1 Å². The molecule has 0 spiro atoms. The molecule has 1 atom stereocenters. The fourth-order valence-corrected chi connectivity index (χ4v) is 3.51. The first-order chi connectivity index (χ1) is 13.2. The van der Waals surface area contributed by atoms with Crippen molar-refractivity contribution < 1.29 is 9.84 Å². The van der Waals surface area contributed by atoms with Crippen LogP contribution in [0, 0.1) is 13.8 Å². The van der Waals surface area contributed by atoms with Crippen LogP contribution in [0.1, 0.15) is 35.5 Å². The van der Waals surface area contributed by atoms with Gasteiger partial charge < -0.3 is 9.84 Å². The number of aromatic nitrogens is 3. The van der Waals surface area contributed by atoms with Gasteiger partial charge in [0.2, 0.25) is 0 Å². The molecule has 0 bridgehead atoms. The summed E-state index contributed by atoms with van der Waals surface area (Å²) in [6.07, 6.45) is 5.09. The maximum Gasteiger partial charge on any atom is 0.188 e. The van der Waals surface area contributed by atoms with Crippen LogP contribution in [0.15, 0.2) is 51.8 Å². The normalized spacial score (nSPS) is 13.7. The second-order valence-electron chi connectivity index (χ2n) is 6.12. The van der Waals surface area contributed by atoms with Crippen molar-refractivity contribution >= 4 is 43.5 Å². The van der Waals surface area contributed by atoms with Gasteiger partial charge in [0.1, 0.15) is 18.1 Å². The molecule has 0 aliphatic heterocycles. The molecule has 1 aromatic heterocycles. The summed E-state index contributed by atoms with van der Waals surface area (Å²) in [5, 5.41) is 19.0. The quantitative estimate of drug-likeness (QED) is 0.254. The standard InChI is InChI=1S/C20H20Br2ClN3O2/c1-5-14(8-16(22)20(27)13(4)21)17-9-24-18(26-25-17)10-28-15-6-11(2)19(23)12(3)7-15/h5-9,14,27H,1,10H2,2-4H3/b16-8+,20-13-. The van der Waals surface area contributed by atoms with Gasteiger partial charge in [-0.2, -0.15) is 5.10 Å². The Morgan fingerprint density at radius 3 is 2.43 bits per heavy atom. The Kier molecular flexibility index (Phi) is 8.22. The molecule has 1 unspecified atom stereocenters. The van der Waals surface area contributed by atoms with Crippen LogP contribution in [0.3, 0.4) is 0 Å². The molecule has 1 N–H and O–H groups in total. The maximum atomic E-state index is 9.97. The molecule has 0 saturated carbocycles. The SMILES string of the molecule is C=CC(/C=C(Br)\C(O)=C(/C)Br)c1cnc(COc2cc(C)c(Cl)c(C)c2)nn1. The second-order valence-corrected chi connectivity index (χ2v) is 8.54. The molecule has 0 aliphatic carbocycles. The molecule has 1 heterocycles. The number of aliphatic hydroxyl groups is 1. The van der Waals surface area contributed by atoms with Crippen molar-refractivity contribution in [1.82, 2.24) is 15.2 Å². The Morgan fingerprint density at radius 1 is 1.29 bits per heavy atom. The molecule has 0 fully saturated rings. The number of aliphatic hydroxyl groups excluding tert-OH is 1. The summed E-state index contributed by atoms with van der Waals surface area (Å²) < 4.78 is 6.89. The fourth-order valence-electron chi connectivity index (χ4n) is 2.34. The van der Waals surface area contributed by atoms with Crippen LogP contribution in [0.25, 0.3) is 0 Å². The highest BCUT2D eigenvalue weighted by molar-refractivity contribution is 9.12. The van der Waals surface area contributed by atoms with Crippen molar-refractivity contribution in [3.8, 4) is 5.75 Å². The van der Waals surface area contributed by atoms with E-state index in [1.807, 2.05) is 26.0 Å². The molecular weight excluding hydrogens is 510 g/mol. The number of allylic oxidation sites excluding steroid dienone is 4. The van der Waals surface area contributed by atoms with Gasteiger partial charge in [-0.15, -0.1) is 11.7 Å². The minimum absolute atomic E-state index is 0.103. The predicted octanol–water partition coefficient (Wildman–Crippen LogP) is 6.45. The molecule has 2 aromatic rings. The Balaban J connectivity index is 2.11. The molecule has 0 radical (unpaired) electrons. The lowest BCUT2D eigenvalue weighted by Crippen LogP contribution is -2.07. The number of hydrogen-bond donors (Lipinski definition) is 1. The number of hydrogen-bond acceptors (Lipinski definition) is 5. The highest BCUT2D eigenvalue weighted by Gasteiger charge is 2.12. The van der Waals surface area contributed by atoms with E-state index >= 15 is 0 Å². The first-order valence-corrected chi connectivity index (χ1v) is 10.3. The Hall–Kier alpha value is -1.70. The number of nitrogens with zero attached hydrogens (tertiary/aromatic N) is 3. The predicted molar refractivity (Wildman–Crippen MR) is 119 cm³/mol. The Bertz CT molecular complexity index is 901. The van der Waals surface area contributed by atoms with E-state index in [9.17, 15) is 5.11 Å². The van der Waals surface area contributed by atoms with Gasteiger partial charge in [-0.1, -0.05) is 39.7 Å². The van der Waals surface area contributed by atoms with Gasteiger partial charge in [0, 0.05) is 15.4 Å². The third-order valence-corrected chi connectivity index (χ3v) is 5.49. The lowest BCUT2D eigenvalue weighted by molar-refractivity contribution is 0.293. The van der Waals surface area contributed by atoms with E-state index < -0.39 is 0 Å². The van der Waals surface area contributed by atoms with Gasteiger partial charge >= 0.3 is 0 Å². The average Bonchev–Trinajstić information content (AvgIpc) is 2.68. The van der Waals surface area contributed by atoms with Crippen molar-refractivity contribution in [2.75, 3.05) is 0 Å². The number of rotatable bonds is 7. The van der Waals surface area contributed by atoms with Gasteiger partial charge in [0.15, 0.2) is 5.82 Å². The zero-order chi connectivity index (χ0) is 20.8. The first kappa shape index (κ1) is 22.6. The monoisotopic (exact) mass is 527 g/mol. The van der Waals surface area contributed by atoms with Crippen LogP contribution in [0.5, 0.6) is 5.75 Å². The highest BCUT2D eigenvalue weighted by atomic mass is 79.9. The van der Waals surface area contributed by atoms with Crippen LogP contribution in [0.2, 0.25) is 5.02 Å². The molecule has 1 aromatic carbocycles. The van der Waals surface area contributed by atoms with E-state index in [1.54, 1.807) is 25.3 Å². The zero-order valence-corrected chi connectivity index (χ0v) is 19.6. The van der Waals surface area contributed by atoms with Gasteiger partial charge in [-0.3, -0.25) is 0 Å². The summed E-state index contributed by atoms with van der Waals surface area (Å²) in [4.78, 5) is 4.31. The summed E-state index contributed by atoms with van der Waals surface area (Å²) in [5.74, 6) is 1.00. The fraction of sp³-hybridized carbons (Fsp3) is 0.250. The van der Waals surface area contributed by atoms with Gasteiger partial charge in [0.25, 0.3) is 0 Å². The largest absolute Gasteiger partial charge is 0.506 e. The van der Waals surface area contributed by atoms with Crippen molar-refractivity contribution in [2.45, 2.75) is 33.3 Å². The van der Waals surface area contributed by atoms with Gasteiger partial charge in [0.05, 0.1) is 16.4 Å². The number of ether oxygens (including phenoxy) is 1. The van der Waals surface area contributed by atoms with Crippen molar-refractivity contribution in [3.05, 3.63) is 79.5 Å². The number of aryl methyl sites for hydroxylation is 2. The molecular formula is C20H20Br2ClN3O2. The van der Waals surface area contributed by atoms with E-state index in [4.69, 9.17) is 16.3 Å². The summed E-state index contributed by atoms with van der Waals surface area (Å²) in [6, 6.07) is 3.75. The summed E-state index contributed by atoms with van der Waals surface area (Å²) in [5.41, 5.74) is 2.51. The van der Waals surface area contributed by atoms with Gasteiger partial charge in [-0.25, -0.2) is 4.98 Å². The van der Waals surface area contributed by atoms with Crippen LogP contribution < -0.4 is 4.74 Å². The Labute approximate surface area is 186 Å². The third kappa shape index (κ3) is 5.90. The molecule has 8 heteroatoms. The average molecular weight is 530 g/mol. The topological polar surface area (TPSA) is 68.1 Å². The lowest BCUT2D eigenvalue weighted by atomic mass is 10.1. The van der Waals surface area contributed by atoms with Crippen LogP contribution in [-0.2, 0) is 6.61 Å². The molecule has 0 aliphatic rings. The van der Waals surface area contributed by atoms with Gasteiger partial charge in [-0.05, 0) is 60.0 Å². The minimum Gasteiger partial charge on any atom is -0.506 e. The molecule has 2 rings (SSSR count). The van der Waals surface area contributed by atoms with Crippen LogP contribution >= 0.6 is 43.5 Å². The van der Waals surface area contributed by atoms with E-state index in [-0.39, 0.29) is 18.3 Å². The highest BCUT2D eigenvalue weighted by Crippen LogP contribution is 2.27. The molecule has 148 valence electrons. The van der Waals surface area contributed by atoms with Crippen molar-refractivity contribution in [1.29, 1.82) is 0 Å². The van der Waals surface area contributed by atoms with E-state index in [0.29, 0.717) is 26.2 Å². The summed E-state index contributed by atoms with van der Waals surface area (Å²) in [6.45, 7) is 9.61. The van der Waals surface area contributed by atoms with Crippen LogP contribution in [-0.4, -0.2) is 20.3 Å². The van der Waals surface area contributed by atoms with Crippen molar-refractivity contribution in [3.63, 3.8) is 0 Å². The van der Waals surface area contributed by atoms with E-state index in [2.05, 4.69) is 53.6 Å². The third-order valence-electron chi connectivity index (χ3n) is 3.88. The van der Waals surface area contributed by atoms with E-state index in [1.165, 1.54) is 0 Å². The second kappa shape index (κ2) is 10.2. The summed E-state index contributed by atoms with van der Waals surface area (Å²) in [7, 11) is 0. The zero-order valence-electron chi connectivity index (χ0n) is 15.7. The Morgan fingerprint density at radius 2 is 1.93 bits per heavy atom. The first-order valence-electron chi connectivity index (χ1n) is 8.36.